The SMILES string of the molecule is C#CCNc1ncccc1Br. The Morgan fingerprint density at radius 3 is 3.18 bits per heavy atom. The van der Waals surface area contributed by atoms with Crippen molar-refractivity contribution in [2.45, 2.75) is 0 Å². The molecule has 0 bridgehead atoms. The predicted molar refractivity (Wildman–Crippen MR) is 49.3 cm³/mol. The number of hydrogen-bond acceptors (Lipinski definition) is 2. The summed E-state index contributed by atoms with van der Waals surface area (Å²) < 4.78 is 0.926. The van der Waals surface area contributed by atoms with E-state index in [-0.39, 0.29) is 0 Å². The summed E-state index contributed by atoms with van der Waals surface area (Å²) >= 11 is 3.33. The van der Waals surface area contributed by atoms with Crippen molar-refractivity contribution in [1.82, 2.24) is 4.98 Å². The van der Waals surface area contributed by atoms with Crippen LogP contribution in [0.15, 0.2) is 22.8 Å². The van der Waals surface area contributed by atoms with Crippen LogP contribution in [0.5, 0.6) is 0 Å². The van der Waals surface area contributed by atoms with Gasteiger partial charge in [0.25, 0.3) is 0 Å². The number of nitrogens with zero attached hydrogens (tertiary/aromatic N) is 1. The second-order valence-electron chi connectivity index (χ2n) is 1.89. The van der Waals surface area contributed by atoms with E-state index < -0.39 is 0 Å². The molecule has 11 heavy (non-hydrogen) atoms. The van der Waals surface area contributed by atoms with Gasteiger partial charge in [0, 0.05) is 6.20 Å². The van der Waals surface area contributed by atoms with Crippen molar-refractivity contribution in [2.75, 3.05) is 11.9 Å². The van der Waals surface area contributed by atoms with Gasteiger partial charge in [-0.15, -0.1) is 6.42 Å². The zero-order valence-corrected chi connectivity index (χ0v) is 7.43. The van der Waals surface area contributed by atoms with E-state index in [9.17, 15) is 0 Å². The molecule has 0 spiro atoms. The summed E-state index contributed by atoms with van der Waals surface area (Å²) in [5.41, 5.74) is 0. The zero-order chi connectivity index (χ0) is 8.10. The quantitative estimate of drug-likeness (QED) is 0.755. The third-order valence-corrected chi connectivity index (χ3v) is 1.76. The first-order valence-electron chi connectivity index (χ1n) is 3.12. The number of hydrogen-bond donors (Lipinski definition) is 1. The second-order valence-corrected chi connectivity index (χ2v) is 2.75. The van der Waals surface area contributed by atoms with Gasteiger partial charge in [-0.1, -0.05) is 5.92 Å². The maximum Gasteiger partial charge on any atom is 0.141 e. The molecule has 0 saturated carbocycles. The van der Waals surface area contributed by atoms with E-state index in [0.29, 0.717) is 6.54 Å². The Bertz CT molecular complexity index is 278. The van der Waals surface area contributed by atoms with Crippen LogP contribution in [0.4, 0.5) is 5.82 Å². The smallest absolute Gasteiger partial charge is 0.141 e. The van der Waals surface area contributed by atoms with Gasteiger partial charge in [0.1, 0.15) is 5.82 Å². The minimum Gasteiger partial charge on any atom is -0.358 e. The number of halogens is 1. The second kappa shape index (κ2) is 3.99. The lowest BCUT2D eigenvalue weighted by Crippen LogP contribution is -2.00. The maximum atomic E-state index is 5.07. The molecule has 2 nitrogen and oxygen atoms in total. The molecular weight excluding hydrogens is 204 g/mol. The number of terminal acetylenes is 1. The van der Waals surface area contributed by atoms with E-state index in [2.05, 4.69) is 32.2 Å². The average molecular weight is 211 g/mol. The van der Waals surface area contributed by atoms with Crippen molar-refractivity contribution >= 4 is 21.7 Å². The molecule has 1 heterocycles. The van der Waals surface area contributed by atoms with Gasteiger partial charge in [-0.05, 0) is 28.1 Å². The highest BCUT2D eigenvalue weighted by Crippen LogP contribution is 2.17. The minimum atomic E-state index is 0.496. The molecule has 3 heteroatoms. The lowest BCUT2D eigenvalue weighted by atomic mass is 10.4. The monoisotopic (exact) mass is 210 g/mol. The number of nitrogens with one attached hydrogen (secondary N) is 1. The Kier molecular flexibility index (Phi) is 2.94. The van der Waals surface area contributed by atoms with E-state index in [0.717, 1.165) is 10.3 Å². The number of pyridine rings is 1. The summed E-state index contributed by atoms with van der Waals surface area (Å²) in [5.74, 6) is 3.25. The molecule has 0 aliphatic rings. The third-order valence-electron chi connectivity index (χ3n) is 1.12. The van der Waals surface area contributed by atoms with Crippen LogP contribution in [0, 0.1) is 12.3 Å². The number of aromatic nitrogens is 1. The van der Waals surface area contributed by atoms with Crippen LogP contribution >= 0.6 is 15.9 Å². The Labute approximate surface area is 74.2 Å². The Morgan fingerprint density at radius 2 is 2.55 bits per heavy atom. The van der Waals surface area contributed by atoms with E-state index in [1.165, 1.54) is 0 Å². The van der Waals surface area contributed by atoms with E-state index in [4.69, 9.17) is 6.42 Å². The van der Waals surface area contributed by atoms with Gasteiger partial charge in [-0.3, -0.25) is 0 Å². The van der Waals surface area contributed by atoms with Gasteiger partial charge in [0.2, 0.25) is 0 Å². The van der Waals surface area contributed by atoms with Crippen LogP contribution in [-0.2, 0) is 0 Å². The van der Waals surface area contributed by atoms with Crippen molar-refractivity contribution in [1.29, 1.82) is 0 Å². The van der Waals surface area contributed by atoms with Crippen LogP contribution in [-0.4, -0.2) is 11.5 Å². The zero-order valence-electron chi connectivity index (χ0n) is 5.84. The number of rotatable bonds is 2. The molecule has 1 aromatic rings. The first-order chi connectivity index (χ1) is 5.34. The van der Waals surface area contributed by atoms with Gasteiger partial charge >= 0.3 is 0 Å². The fourth-order valence-corrected chi connectivity index (χ4v) is 1.05. The molecule has 0 atom stereocenters. The molecule has 0 amide bonds. The summed E-state index contributed by atoms with van der Waals surface area (Å²) in [5, 5.41) is 2.97. The highest BCUT2D eigenvalue weighted by molar-refractivity contribution is 9.10. The van der Waals surface area contributed by atoms with Crippen molar-refractivity contribution in [3.05, 3.63) is 22.8 Å². The van der Waals surface area contributed by atoms with Crippen LogP contribution in [0.1, 0.15) is 0 Å². The van der Waals surface area contributed by atoms with Crippen molar-refractivity contribution in [2.24, 2.45) is 0 Å². The van der Waals surface area contributed by atoms with E-state index in [1.54, 1.807) is 6.20 Å². The van der Waals surface area contributed by atoms with Crippen LogP contribution in [0.3, 0.4) is 0 Å². The fraction of sp³-hybridized carbons (Fsp3) is 0.125. The predicted octanol–water partition coefficient (Wildman–Crippen LogP) is 1.89. The molecule has 0 aliphatic carbocycles. The topological polar surface area (TPSA) is 24.9 Å². The standard InChI is InChI=1S/C8H7BrN2/c1-2-5-10-8-7(9)4-3-6-11-8/h1,3-4,6H,5H2,(H,10,11). The Hall–Kier alpha value is -1.01. The summed E-state index contributed by atoms with van der Waals surface area (Å²) in [7, 11) is 0. The lowest BCUT2D eigenvalue weighted by molar-refractivity contribution is 1.23. The first-order valence-corrected chi connectivity index (χ1v) is 3.91. The summed E-state index contributed by atoms with van der Waals surface area (Å²) in [6.45, 7) is 0.496. The van der Waals surface area contributed by atoms with Gasteiger partial charge in [-0.2, -0.15) is 0 Å². The van der Waals surface area contributed by atoms with Gasteiger partial charge in [-0.25, -0.2) is 4.98 Å². The molecule has 0 fully saturated rings. The molecule has 0 saturated heterocycles. The average Bonchev–Trinajstić information content (AvgIpc) is 2.03. The molecule has 1 aromatic heterocycles. The molecule has 1 rings (SSSR count). The Balaban J connectivity index is 2.71. The number of anilines is 1. The molecule has 0 radical (unpaired) electrons. The molecule has 0 unspecified atom stereocenters. The van der Waals surface area contributed by atoms with Crippen molar-refractivity contribution < 1.29 is 0 Å². The minimum absolute atomic E-state index is 0.496. The van der Waals surface area contributed by atoms with Crippen LogP contribution < -0.4 is 5.32 Å². The molecular formula is C8H7BrN2. The summed E-state index contributed by atoms with van der Waals surface area (Å²) in [6, 6.07) is 3.76. The molecule has 1 N–H and O–H groups in total. The van der Waals surface area contributed by atoms with Crippen LogP contribution in [0.2, 0.25) is 0 Å². The third kappa shape index (κ3) is 2.24. The van der Waals surface area contributed by atoms with E-state index >= 15 is 0 Å². The van der Waals surface area contributed by atoms with Gasteiger partial charge < -0.3 is 5.32 Å². The van der Waals surface area contributed by atoms with Crippen molar-refractivity contribution in [3.8, 4) is 12.3 Å². The summed E-state index contributed by atoms with van der Waals surface area (Å²) in [4.78, 5) is 4.06. The normalized spacial score (nSPS) is 8.73. The van der Waals surface area contributed by atoms with E-state index in [1.807, 2.05) is 12.1 Å². The lowest BCUT2D eigenvalue weighted by Gasteiger charge is -2.01. The van der Waals surface area contributed by atoms with Crippen molar-refractivity contribution in [3.63, 3.8) is 0 Å². The summed E-state index contributed by atoms with van der Waals surface area (Å²) in [6.07, 6.45) is 6.78. The molecule has 0 aliphatic heterocycles. The van der Waals surface area contributed by atoms with Gasteiger partial charge in [0.15, 0.2) is 0 Å². The molecule has 56 valence electrons. The Morgan fingerprint density at radius 1 is 1.73 bits per heavy atom. The largest absolute Gasteiger partial charge is 0.358 e. The highest BCUT2D eigenvalue weighted by Gasteiger charge is 1.95. The highest BCUT2D eigenvalue weighted by atomic mass is 79.9. The first kappa shape index (κ1) is 8.09. The molecule has 0 aromatic carbocycles. The fourth-order valence-electron chi connectivity index (χ4n) is 0.651. The van der Waals surface area contributed by atoms with Crippen LogP contribution in [0.25, 0.3) is 0 Å². The maximum absolute atomic E-state index is 5.07. The van der Waals surface area contributed by atoms with Gasteiger partial charge in [0.05, 0.1) is 11.0 Å².